The first-order chi connectivity index (χ1) is 19.4. The lowest BCUT2D eigenvalue weighted by molar-refractivity contribution is -0.141. The number of esters is 1. The highest BCUT2D eigenvalue weighted by molar-refractivity contribution is 8.16. The standard InChI is InChI=1S/C30H34N4O5S/c1-21-27(29(36)38-17-16-37-3)28(22-8-7-11-25(18-22)39-24-9-5-4-6-10-24)34-23(20-40-30(34)31-21)19-26(35)33-14-12-32(2)13-15-33/h4-11,18,20,28H,12-17,19H2,1-3H3/t28-/m1/s1. The topological polar surface area (TPSA) is 83.9 Å². The van der Waals surface area contributed by atoms with Crippen LogP contribution in [0.3, 0.4) is 0 Å². The normalized spacial score (nSPS) is 19.2. The van der Waals surface area contributed by atoms with E-state index in [0.717, 1.165) is 29.5 Å². The van der Waals surface area contributed by atoms with E-state index in [1.165, 1.54) is 11.8 Å². The molecule has 0 saturated carbocycles. The zero-order valence-corrected chi connectivity index (χ0v) is 23.9. The third-order valence-electron chi connectivity index (χ3n) is 7.08. The number of hydrogen-bond donors (Lipinski definition) is 0. The van der Waals surface area contributed by atoms with Gasteiger partial charge in [-0.25, -0.2) is 9.79 Å². The Labute approximate surface area is 239 Å². The van der Waals surface area contributed by atoms with Gasteiger partial charge in [-0.3, -0.25) is 4.79 Å². The van der Waals surface area contributed by atoms with E-state index >= 15 is 0 Å². The van der Waals surface area contributed by atoms with Crippen LogP contribution in [0.25, 0.3) is 0 Å². The highest BCUT2D eigenvalue weighted by Gasteiger charge is 2.41. The van der Waals surface area contributed by atoms with Crippen molar-refractivity contribution in [2.24, 2.45) is 4.99 Å². The molecule has 2 aromatic rings. The second-order valence-electron chi connectivity index (χ2n) is 9.87. The molecule has 0 aliphatic carbocycles. The number of piperazine rings is 1. The van der Waals surface area contributed by atoms with Crippen LogP contribution in [0.2, 0.25) is 0 Å². The average Bonchev–Trinajstić information content (AvgIpc) is 3.35. The quantitative estimate of drug-likeness (QED) is 0.328. The number of thioether (sulfide) groups is 1. The molecule has 3 aliphatic heterocycles. The molecule has 0 N–H and O–H groups in total. The van der Waals surface area contributed by atoms with E-state index < -0.39 is 12.0 Å². The van der Waals surface area contributed by atoms with Crippen molar-refractivity contribution in [1.82, 2.24) is 14.7 Å². The maximum absolute atomic E-state index is 13.5. The van der Waals surface area contributed by atoms with Crippen molar-refractivity contribution in [3.63, 3.8) is 0 Å². The van der Waals surface area contributed by atoms with Gasteiger partial charge in [0.05, 0.1) is 30.3 Å². The number of aliphatic imine (C=N–C) groups is 1. The maximum atomic E-state index is 13.5. The molecule has 1 amide bonds. The summed E-state index contributed by atoms with van der Waals surface area (Å²) in [6, 6.07) is 16.7. The molecule has 210 valence electrons. The van der Waals surface area contributed by atoms with E-state index in [-0.39, 0.29) is 18.9 Å². The summed E-state index contributed by atoms with van der Waals surface area (Å²) in [5, 5.41) is 2.70. The van der Waals surface area contributed by atoms with Crippen molar-refractivity contribution in [3.8, 4) is 11.5 Å². The second kappa shape index (κ2) is 12.7. The van der Waals surface area contributed by atoms with Crippen molar-refractivity contribution in [1.29, 1.82) is 0 Å². The fourth-order valence-corrected chi connectivity index (χ4v) is 5.90. The molecule has 3 heterocycles. The van der Waals surface area contributed by atoms with Gasteiger partial charge in [0, 0.05) is 39.0 Å². The summed E-state index contributed by atoms with van der Waals surface area (Å²) in [5.74, 6) is 0.963. The van der Waals surface area contributed by atoms with Gasteiger partial charge in [0.2, 0.25) is 5.91 Å². The average molecular weight is 563 g/mol. The number of rotatable bonds is 9. The summed E-state index contributed by atoms with van der Waals surface area (Å²) >= 11 is 1.47. The largest absolute Gasteiger partial charge is 0.460 e. The van der Waals surface area contributed by atoms with Crippen LogP contribution in [0.15, 0.2) is 82.0 Å². The summed E-state index contributed by atoms with van der Waals surface area (Å²) in [4.78, 5) is 37.7. The van der Waals surface area contributed by atoms with E-state index in [0.29, 0.717) is 42.5 Å². The molecule has 3 aliphatic rings. The number of benzene rings is 2. The summed E-state index contributed by atoms with van der Waals surface area (Å²) in [6.07, 6.45) is 0.220. The predicted molar refractivity (Wildman–Crippen MR) is 155 cm³/mol. The fraction of sp³-hybridized carbons (Fsp3) is 0.367. The molecule has 10 heteroatoms. The minimum atomic E-state index is -0.539. The van der Waals surface area contributed by atoms with Crippen molar-refractivity contribution < 1.29 is 23.8 Å². The highest BCUT2D eigenvalue weighted by atomic mass is 32.2. The third kappa shape index (κ3) is 6.24. The smallest absolute Gasteiger partial charge is 0.338 e. The van der Waals surface area contributed by atoms with E-state index in [1.807, 2.05) is 76.7 Å². The van der Waals surface area contributed by atoms with Crippen LogP contribution in [0, 0.1) is 0 Å². The maximum Gasteiger partial charge on any atom is 0.338 e. The van der Waals surface area contributed by atoms with E-state index in [1.54, 1.807) is 7.11 Å². The molecule has 0 spiro atoms. The van der Waals surface area contributed by atoms with Crippen LogP contribution in [-0.4, -0.2) is 85.3 Å². The number of carbonyl (C=O) groups is 2. The summed E-state index contributed by atoms with van der Waals surface area (Å²) in [7, 11) is 3.63. The van der Waals surface area contributed by atoms with Gasteiger partial charge in [-0.15, -0.1) is 0 Å². The van der Waals surface area contributed by atoms with Crippen LogP contribution in [0.5, 0.6) is 11.5 Å². The predicted octanol–water partition coefficient (Wildman–Crippen LogP) is 4.41. The van der Waals surface area contributed by atoms with Crippen molar-refractivity contribution in [2.45, 2.75) is 19.4 Å². The Kier molecular flexibility index (Phi) is 8.88. The van der Waals surface area contributed by atoms with E-state index in [9.17, 15) is 9.59 Å². The Morgan fingerprint density at radius 1 is 1.00 bits per heavy atom. The minimum Gasteiger partial charge on any atom is -0.460 e. The van der Waals surface area contributed by atoms with Gasteiger partial charge in [-0.1, -0.05) is 42.1 Å². The van der Waals surface area contributed by atoms with Crippen LogP contribution in [-0.2, 0) is 19.1 Å². The zero-order valence-electron chi connectivity index (χ0n) is 23.0. The first kappa shape index (κ1) is 27.9. The lowest BCUT2D eigenvalue weighted by Gasteiger charge is -2.37. The van der Waals surface area contributed by atoms with Crippen molar-refractivity contribution in [3.05, 3.63) is 82.5 Å². The monoisotopic (exact) mass is 562 g/mol. The van der Waals surface area contributed by atoms with Crippen LogP contribution >= 0.6 is 11.8 Å². The summed E-state index contributed by atoms with van der Waals surface area (Å²) < 4.78 is 16.8. The van der Waals surface area contributed by atoms with Crippen LogP contribution < -0.4 is 4.74 Å². The van der Waals surface area contributed by atoms with Gasteiger partial charge in [0.15, 0.2) is 5.17 Å². The number of amides is 1. The molecular formula is C30H34N4O5S. The van der Waals surface area contributed by atoms with E-state index in [4.69, 9.17) is 19.2 Å². The lowest BCUT2D eigenvalue weighted by atomic mass is 9.93. The molecule has 1 saturated heterocycles. The van der Waals surface area contributed by atoms with Crippen molar-refractivity contribution >= 4 is 28.8 Å². The Hall–Kier alpha value is -3.60. The van der Waals surface area contributed by atoms with Gasteiger partial charge < -0.3 is 28.9 Å². The number of methoxy groups -OCH3 is 1. The number of nitrogens with zero attached hydrogens (tertiary/aromatic N) is 4. The lowest BCUT2D eigenvalue weighted by Crippen LogP contribution is -2.47. The molecule has 0 unspecified atom stereocenters. The van der Waals surface area contributed by atoms with Crippen molar-refractivity contribution in [2.75, 3.05) is 53.6 Å². The number of ether oxygens (including phenoxy) is 3. The molecule has 1 fully saturated rings. The zero-order chi connectivity index (χ0) is 28.1. The van der Waals surface area contributed by atoms with Gasteiger partial charge >= 0.3 is 5.97 Å². The molecular weight excluding hydrogens is 528 g/mol. The van der Waals surface area contributed by atoms with Gasteiger partial charge in [0.1, 0.15) is 18.1 Å². The molecule has 0 bridgehead atoms. The Morgan fingerprint density at radius 3 is 2.50 bits per heavy atom. The molecule has 9 nitrogen and oxygen atoms in total. The van der Waals surface area contributed by atoms with Crippen LogP contribution in [0.1, 0.15) is 24.9 Å². The molecule has 1 atom stereocenters. The Balaban J connectivity index is 1.47. The molecule has 0 radical (unpaired) electrons. The number of fused-ring (bicyclic) bond motifs is 1. The number of hydrogen-bond acceptors (Lipinski definition) is 9. The van der Waals surface area contributed by atoms with Gasteiger partial charge in [-0.05, 0) is 49.2 Å². The number of carbonyl (C=O) groups excluding carboxylic acids is 2. The Bertz CT molecular complexity index is 1330. The Morgan fingerprint density at radius 2 is 1.75 bits per heavy atom. The minimum absolute atomic E-state index is 0.0663. The summed E-state index contributed by atoms with van der Waals surface area (Å²) in [6.45, 7) is 5.36. The first-order valence-corrected chi connectivity index (χ1v) is 14.2. The van der Waals surface area contributed by atoms with Crippen LogP contribution in [0.4, 0.5) is 0 Å². The number of para-hydroxylation sites is 1. The first-order valence-electron chi connectivity index (χ1n) is 13.3. The molecule has 2 aromatic carbocycles. The number of allylic oxidation sites excluding steroid dienone is 1. The molecule has 0 aromatic heterocycles. The number of amidine groups is 1. The highest BCUT2D eigenvalue weighted by Crippen LogP contribution is 2.45. The van der Waals surface area contributed by atoms with E-state index in [2.05, 4.69) is 11.9 Å². The van der Waals surface area contributed by atoms with Gasteiger partial charge in [0.25, 0.3) is 0 Å². The molecule has 5 rings (SSSR count). The fourth-order valence-electron chi connectivity index (χ4n) is 4.94. The third-order valence-corrected chi connectivity index (χ3v) is 7.97. The molecule has 40 heavy (non-hydrogen) atoms. The second-order valence-corrected chi connectivity index (χ2v) is 10.7. The van der Waals surface area contributed by atoms with Gasteiger partial charge in [-0.2, -0.15) is 0 Å². The number of likely N-dealkylation sites (N-methyl/N-ethyl adjacent to an activating group) is 1. The SMILES string of the molecule is COCCOC(=O)C1=C(C)N=C2SC=C(CC(=O)N3CCN(C)CC3)N2[C@@H]1c1cccc(Oc2ccccc2)c1. The summed E-state index contributed by atoms with van der Waals surface area (Å²) in [5.41, 5.74) is 2.65.